The summed E-state index contributed by atoms with van der Waals surface area (Å²) in [6.45, 7) is 0. The van der Waals surface area contributed by atoms with Crippen LogP contribution in [0.5, 0.6) is 0 Å². The second kappa shape index (κ2) is 9.55. The van der Waals surface area contributed by atoms with Gasteiger partial charge in [0.25, 0.3) is 11.4 Å². The maximum absolute atomic E-state index is 10.8. The molecule has 2 N–H and O–H groups in total. The van der Waals surface area contributed by atoms with Gasteiger partial charge >= 0.3 is 0 Å². The Bertz CT molecular complexity index is 1040. The van der Waals surface area contributed by atoms with E-state index in [0.717, 1.165) is 11.1 Å². The molecule has 0 saturated heterocycles. The van der Waals surface area contributed by atoms with Crippen LogP contribution in [0.3, 0.4) is 0 Å². The molecular formula is C20H16N6O4. The van der Waals surface area contributed by atoms with Crippen LogP contribution in [0, 0.1) is 20.2 Å². The van der Waals surface area contributed by atoms with Crippen molar-refractivity contribution in [2.75, 3.05) is 10.9 Å². The topological polar surface area (TPSA) is 135 Å². The monoisotopic (exact) mass is 404 g/mol. The Balaban J connectivity index is 1.61. The highest BCUT2D eigenvalue weighted by Crippen LogP contribution is 2.17. The molecule has 3 aromatic rings. The van der Waals surface area contributed by atoms with Gasteiger partial charge in [0, 0.05) is 24.3 Å². The Morgan fingerprint density at radius 3 is 1.53 bits per heavy atom. The molecule has 3 rings (SSSR count). The molecule has 0 saturated carbocycles. The van der Waals surface area contributed by atoms with Gasteiger partial charge in [0.05, 0.1) is 33.7 Å². The van der Waals surface area contributed by atoms with Crippen molar-refractivity contribution in [3.8, 4) is 0 Å². The van der Waals surface area contributed by atoms with Gasteiger partial charge in [0.2, 0.25) is 0 Å². The molecule has 10 nitrogen and oxygen atoms in total. The second-order valence-corrected chi connectivity index (χ2v) is 6.03. The zero-order valence-electron chi connectivity index (χ0n) is 15.5. The molecule has 0 bridgehead atoms. The summed E-state index contributed by atoms with van der Waals surface area (Å²) in [4.78, 5) is 20.7. The number of anilines is 2. The maximum Gasteiger partial charge on any atom is 0.271 e. The van der Waals surface area contributed by atoms with Gasteiger partial charge in [0.15, 0.2) is 0 Å². The minimum absolute atomic E-state index is 0.0235. The summed E-state index contributed by atoms with van der Waals surface area (Å²) in [7, 11) is 0. The maximum atomic E-state index is 10.8. The molecule has 0 amide bonds. The number of nitro groups is 2. The van der Waals surface area contributed by atoms with Gasteiger partial charge < -0.3 is 0 Å². The molecule has 0 aromatic heterocycles. The minimum atomic E-state index is -0.473. The third-order valence-electron chi connectivity index (χ3n) is 3.84. The summed E-state index contributed by atoms with van der Waals surface area (Å²) in [5.74, 6) is 0. The fourth-order valence-corrected chi connectivity index (χ4v) is 2.46. The summed E-state index contributed by atoms with van der Waals surface area (Å²) in [5.41, 5.74) is 8.02. The average Bonchev–Trinajstić information content (AvgIpc) is 2.74. The molecule has 10 heteroatoms. The van der Waals surface area contributed by atoms with Crippen LogP contribution < -0.4 is 10.9 Å². The Labute approximate surface area is 170 Å². The predicted octanol–water partition coefficient (Wildman–Crippen LogP) is 4.40. The summed E-state index contributed by atoms with van der Waals surface area (Å²) >= 11 is 0. The molecule has 3 aromatic carbocycles. The smallest absolute Gasteiger partial charge is 0.271 e. The number of nitrogens with one attached hydrogen (secondary N) is 2. The molecule has 0 unspecified atom stereocenters. The van der Waals surface area contributed by atoms with Crippen molar-refractivity contribution in [3.63, 3.8) is 0 Å². The Hall–Kier alpha value is -4.60. The summed E-state index contributed by atoms with van der Waals surface area (Å²) in [6.07, 6.45) is 3.15. The highest BCUT2D eigenvalue weighted by atomic mass is 16.6. The third kappa shape index (κ3) is 5.70. The van der Waals surface area contributed by atoms with E-state index < -0.39 is 9.85 Å². The van der Waals surface area contributed by atoms with Gasteiger partial charge in [0.1, 0.15) is 0 Å². The Morgan fingerprint density at radius 2 is 1.10 bits per heavy atom. The number of rotatable bonds is 8. The Morgan fingerprint density at radius 1 is 0.667 bits per heavy atom. The summed E-state index contributed by atoms with van der Waals surface area (Å²) in [5, 5.41) is 29.8. The van der Waals surface area contributed by atoms with Crippen LogP contribution in [0.25, 0.3) is 0 Å². The number of nitro benzene ring substituents is 2. The van der Waals surface area contributed by atoms with Gasteiger partial charge in [-0.2, -0.15) is 10.2 Å². The van der Waals surface area contributed by atoms with E-state index in [-0.39, 0.29) is 11.4 Å². The number of non-ortho nitro benzene ring substituents is 2. The third-order valence-corrected chi connectivity index (χ3v) is 3.84. The summed E-state index contributed by atoms with van der Waals surface area (Å²) < 4.78 is 0. The molecule has 0 fully saturated rings. The lowest BCUT2D eigenvalue weighted by molar-refractivity contribution is -0.385. The average molecular weight is 404 g/mol. The summed E-state index contributed by atoms with van der Waals surface area (Å²) in [6, 6.07) is 19.4. The van der Waals surface area contributed by atoms with Crippen molar-refractivity contribution in [1.82, 2.24) is 0 Å². The predicted molar refractivity (Wildman–Crippen MR) is 115 cm³/mol. The first kappa shape index (κ1) is 20.1. The quantitative estimate of drug-likeness (QED) is 0.325. The number of hydrogen-bond acceptors (Lipinski definition) is 8. The molecule has 0 aliphatic rings. The first-order chi connectivity index (χ1) is 14.5. The van der Waals surface area contributed by atoms with Crippen LogP contribution in [0.15, 0.2) is 83.0 Å². The first-order valence-electron chi connectivity index (χ1n) is 8.68. The van der Waals surface area contributed by atoms with Crippen molar-refractivity contribution >= 4 is 35.2 Å². The fraction of sp³-hybridized carbons (Fsp3) is 0. The van der Waals surface area contributed by atoms with Crippen molar-refractivity contribution in [3.05, 3.63) is 104 Å². The molecule has 0 heterocycles. The zero-order chi connectivity index (χ0) is 21.3. The lowest BCUT2D eigenvalue weighted by atomic mass is 10.1. The van der Waals surface area contributed by atoms with Crippen LogP contribution in [0.4, 0.5) is 22.7 Å². The number of hydrazone groups is 2. The molecule has 0 atom stereocenters. The molecule has 30 heavy (non-hydrogen) atoms. The van der Waals surface area contributed by atoms with E-state index in [9.17, 15) is 20.2 Å². The zero-order valence-corrected chi connectivity index (χ0v) is 15.5. The van der Waals surface area contributed by atoms with Crippen molar-refractivity contribution in [2.45, 2.75) is 0 Å². The van der Waals surface area contributed by atoms with E-state index in [0.29, 0.717) is 11.4 Å². The van der Waals surface area contributed by atoms with E-state index in [1.54, 1.807) is 36.7 Å². The van der Waals surface area contributed by atoms with Crippen LogP contribution in [0.1, 0.15) is 11.1 Å². The van der Waals surface area contributed by atoms with E-state index in [4.69, 9.17) is 0 Å². The molecule has 0 aliphatic carbocycles. The molecule has 0 spiro atoms. The first-order valence-corrected chi connectivity index (χ1v) is 8.68. The van der Waals surface area contributed by atoms with E-state index in [1.807, 2.05) is 24.3 Å². The van der Waals surface area contributed by atoms with E-state index >= 15 is 0 Å². The van der Waals surface area contributed by atoms with Gasteiger partial charge in [-0.25, -0.2) is 0 Å². The van der Waals surface area contributed by atoms with Gasteiger partial charge in [-0.15, -0.1) is 0 Å². The molecule has 0 radical (unpaired) electrons. The molecular weight excluding hydrogens is 388 g/mol. The largest absolute Gasteiger partial charge is 0.278 e. The lowest BCUT2D eigenvalue weighted by Gasteiger charge is -2.01. The van der Waals surface area contributed by atoms with E-state index in [2.05, 4.69) is 21.1 Å². The van der Waals surface area contributed by atoms with Crippen LogP contribution in [0.2, 0.25) is 0 Å². The number of hydrogen-bond donors (Lipinski definition) is 2. The van der Waals surface area contributed by atoms with Crippen molar-refractivity contribution in [1.29, 1.82) is 0 Å². The number of nitrogens with zero attached hydrogens (tertiary/aromatic N) is 4. The van der Waals surface area contributed by atoms with Crippen molar-refractivity contribution < 1.29 is 9.85 Å². The fourth-order valence-electron chi connectivity index (χ4n) is 2.46. The minimum Gasteiger partial charge on any atom is -0.278 e. The highest BCUT2D eigenvalue weighted by molar-refractivity contribution is 5.86. The highest BCUT2D eigenvalue weighted by Gasteiger charge is 2.05. The van der Waals surface area contributed by atoms with Gasteiger partial charge in [-0.05, 0) is 29.3 Å². The van der Waals surface area contributed by atoms with Crippen LogP contribution in [-0.4, -0.2) is 22.3 Å². The molecule has 150 valence electrons. The normalized spacial score (nSPS) is 10.9. The standard InChI is InChI=1S/C20H16N6O4/c27-25(28)19-8-2-6-17(11-19)23-21-13-15-4-1-5-16(10-15)14-22-24-18-7-3-9-20(12-18)26(29)30/h1-14,23-24H/b21-13+,22-14+. The Kier molecular flexibility index (Phi) is 6.41. The second-order valence-electron chi connectivity index (χ2n) is 6.03. The van der Waals surface area contributed by atoms with Gasteiger partial charge in [-0.3, -0.25) is 31.1 Å². The molecule has 0 aliphatic heterocycles. The SMILES string of the molecule is O=[N+]([O-])c1cccc(N/N=C/c2cccc(/C=N/Nc3cccc([N+](=O)[O-])c3)c2)c1. The van der Waals surface area contributed by atoms with Crippen LogP contribution >= 0.6 is 0 Å². The van der Waals surface area contributed by atoms with Crippen molar-refractivity contribution in [2.24, 2.45) is 10.2 Å². The number of benzene rings is 3. The van der Waals surface area contributed by atoms with E-state index in [1.165, 1.54) is 24.3 Å². The lowest BCUT2D eigenvalue weighted by Crippen LogP contribution is -1.95. The van der Waals surface area contributed by atoms with Gasteiger partial charge in [-0.1, -0.05) is 30.3 Å². The van der Waals surface area contributed by atoms with Crippen LogP contribution in [-0.2, 0) is 0 Å².